The molecule has 1 unspecified atom stereocenters. The second-order valence-electron chi connectivity index (χ2n) is 5.21. The van der Waals surface area contributed by atoms with Gasteiger partial charge in [-0.2, -0.15) is 0 Å². The highest BCUT2D eigenvalue weighted by Gasteiger charge is 2.24. The molecule has 112 valence electrons. The number of likely N-dealkylation sites (tertiary alicyclic amines) is 1. The highest BCUT2D eigenvalue weighted by atomic mass is 16.3. The lowest BCUT2D eigenvalue weighted by atomic mass is 9.95. The van der Waals surface area contributed by atoms with E-state index in [1.165, 1.54) is 0 Å². The Labute approximate surface area is 125 Å². The first-order valence-electron chi connectivity index (χ1n) is 7.29. The average Bonchev–Trinajstić information content (AvgIpc) is 2.53. The molecule has 1 amide bonds. The van der Waals surface area contributed by atoms with E-state index in [0.717, 1.165) is 31.4 Å². The van der Waals surface area contributed by atoms with Crippen LogP contribution in [-0.2, 0) is 0 Å². The van der Waals surface area contributed by atoms with Crippen LogP contribution in [0, 0.1) is 17.8 Å². The first kappa shape index (κ1) is 15.5. The zero-order chi connectivity index (χ0) is 15.1. The quantitative estimate of drug-likeness (QED) is 0.799. The third-order valence-electron chi connectivity index (χ3n) is 3.66. The van der Waals surface area contributed by atoms with Crippen LogP contribution in [0.5, 0.6) is 0 Å². The summed E-state index contributed by atoms with van der Waals surface area (Å²) in [5.74, 6) is 5.98. The third kappa shape index (κ3) is 4.28. The fourth-order valence-corrected chi connectivity index (χ4v) is 2.58. The number of aliphatic hydroxyl groups is 1. The molecule has 1 aliphatic heterocycles. The van der Waals surface area contributed by atoms with E-state index in [-0.39, 0.29) is 12.5 Å². The summed E-state index contributed by atoms with van der Waals surface area (Å²) in [4.78, 5) is 18.4. The molecular formula is C16H21N3O2. The minimum atomic E-state index is -0.0454. The number of hydrogen-bond acceptors (Lipinski definition) is 4. The van der Waals surface area contributed by atoms with Crippen LogP contribution in [0.4, 0.5) is 0 Å². The molecule has 1 fully saturated rings. The fraction of sp³-hybridized carbons (Fsp3) is 0.500. The first-order chi connectivity index (χ1) is 10.2. The lowest BCUT2D eigenvalue weighted by molar-refractivity contribution is 0.0648. The molecule has 0 radical (unpaired) electrons. The topological polar surface area (TPSA) is 79.5 Å². The molecule has 2 rings (SSSR count). The van der Waals surface area contributed by atoms with Crippen LogP contribution in [0.2, 0.25) is 0 Å². The van der Waals surface area contributed by atoms with Gasteiger partial charge in [-0.05, 0) is 37.3 Å². The Balaban J connectivity index is 2.02. The zero-order valence-electron chi connectivity index (χ0n) is 12.1. The van der Waals surface area contributed by atoms with Crippen molar-refractivity contribution in [1.82, 2.24) is 9.88 Å². The second kappa shape index (κ2) is 7.77. The smallest absolute Gasteiger partial charge is 0.272 e. The molecule has 0 aliphatic carbocycles. The molecule has 1 atom stereocenters. The summed E-state index contributed by atoms with van der Waals surface area (Å²) >= 11 is 0. The fourth-order valence-electron chi connectivity index (χ4n) is 2.58. The number of hydrogen-bond donors (Lipinski definition) is 2. The molecule has 3 N–H and O–H groups in total. The number of amides is 1. The van der Waals surface area contributed by atoms with Gasteiger partial charge in [0, 0.05) is 31.5 Å². The number of nitrogens with two attached hydrogens (primary N) is 1. The van der Waals surface area contributed by atoms with Crippen molar-refractivity contribution in [2.45, 2.75) is 19.3 Å². The van der Waals surface area contributed by atoms with Gasteiger partial charge < -0.3 is 15.7 Å². The van der Waals surface area contributed by atoms with Gasteiger partial charge in [-0.25, -0.2) is 4.98 Å². The molecule has 1 saturated heterocycles. The van der Waals surface area contributed by atoms with Gasteiger partial charge in [0.15, 0.2) is 0 Å². The summed E-state index contributed by atoms with van der Waals surface area (Å²) in [5, 5.41) is 9.02. The molecule has 0 saturated carbocycles. The monoisotopic (exact) mass is 287 g/mol. The van der Waals surface area contributed by atoms with Gasteiger partial charge in [-0.3, -0.25) is 4.79 Å². The van der Waals surface area contributed by atoms with E-state index >= 15 is 0 Å². The first-order valence-corrected chi connectivity index (χ1v) is 7.29. The van der Waals surface area contributed by atoms with Crippen molar-refractivity contribution < 1.29 is 9.90 Å². The minimum absolute atomic E-state index is 0.0454. The van der Waals surface area contributed by atoms with Gasteiger partial charge in [0.1, 0.15) is 5.69 Å². The Bertz CT molecular complexity index is 529. The molecule has 0 bridgehead atoms. The third-order valence-corrected chi connectivity index (χ3v) is 3.66. The van der Waals surface area contributed by atoms with Crippen molar-refractivity contribution in [3.63, 3.8) is 0 Å². The molecule has 21 heavy (non-hydrogen) atoms. The number of pyridine rings is 1. The number of piperidine rings is 1. The van der Waals surface area contributed by atoms with Gasteiger partial charge in [0.05, 0.1) is 6.54 Å². The van der Waals surface area contributed by atoms with E-state index in [4.69, 9.17) is 10.8 Å². The second-order valence-corrected chi connectivity index (χ2v) is 5.21. The van der Waals surface area contributed by atoms with Gasteiger partial charge in [-0.1, -0.05) is 11.8 Å². The van der Waals surface area contributed by atoms with E-state index < -0.39 is 0 Å². The number of nitrogens with zero attached hydrogens (tertiary/aromatic N) is 2. The molecule has 1 aliphatic rings. The van der Waals surface area contributed by atoms with E-state index in [1.807, 2.05) is 4.90 Å². The van der Waals surface area contributed by atoms with E-state index in [1.54, 1.807) is 18.3 Å². The lowest BCUT2D eigenvalue weighted by Gasteiger charge is -2.32. The minimum Gasteiger partial charge on any atom is -0.396 e. The maximum atomic E-state index is 12.4. The van der Waals surface area contributed by atoms with Crippen molar-refractivity contribution in [2.75, 3.05) is 26.2 Å². The van der Waals surface area contributed by atoms with Gasteiger partial charge in [0.2, 0.25) is 0 Å². The normalized spacial score (nSPS) is 18.0. The molecular weight excluding hydrogens is 266 g/mol. The van der Waals surface area contributed by atoms with Crippen molar-refractivity contribution in [3.05, 3.63) is 29.6 Å². The number of carbonyl (C=O) groups excluding carboxylic acids is 1. The Hall–Kier alpha value is -1.90. The summed E-state index contributed by atoms with van der Waals surface area (Å²) in [7, 11) is 0. The molecule has 0 aromatic carbocycles. The van der Waals surface area contributed by atoms with Crippen molar-refractivity contribution in [2.24, 2.45) is 11.7 Å². The molecule has 0 spiro atoms. The summed E-state index contributed by atoms with van der Waals surface area (Å²) in [6, 6.07) is 3.50. The molecule has 5 nitrogen and oxygen atoms in total. The SMILES string of the molecule is NCC#Cc1ccc(C(=O)N2CCCC(CCO)C2)nc1. The number of rotatable bonds is 3. The van der Waals surface area contributed by atoms with Crippen LogP contribution in [0.25, 0.3) is 0 Å². The van der Waals surface area contributed by atoms with Crippen LogP contribution in [0.3, 0.4) is 0 Å². The summed E-state index contributed by atoms with van der Waals surface area (Å²) in [5.41, 5.74) is 6.52. The highest BCUT2D eigenvalue weighted by molar-refractivity contribution is 5.92. The summed E-state index contributed by atoms with van der Waals surface area (Å²) in [6.07, 6.45) is 4.41. The number of carbonyl (C=O) groups is 1. The van der Waals surface area contributed by atoms with Crippen LogP contribution in [-0.4, -0.2) is 47.1 Å². The molecule has 1 aromatic heterocycles. The highest BCUT2D eigenvalue weighted by Crippen LogP contribution is 2.20. The Morgan fingerprint density at radius 3 is 3.05 bits per heavy atom. The largest absolute Gasteiger partial charge is 0.396 e. The maximum Gasteiger partial charge on any atom is 0.272 e. The van der Waals surface area contributed by atoms with Gasteiger partial charge in [0.25, 0.3) is 5.91 Å². The molecule has 5 heteroatoms. The van der Waals surface area contributed by atoms with Crippen LogP contribution in [0.1, 0.15) is 35.3 Å². The summed E-state index contributed by atoms with van der Waals surface area (Å²) < 4.78 is 0. The van der Waals surface area contributed by atoms with Gasteiger partial charge in [-0.15, -0.1) is 0 Å². The Morgan fingerprint density at radius 2 is 2.38 bits per heavy atom. The maximum absolute atomic E-state index is 12.4. The van der Waals surface area contributed by atoms with Crippen LogP contribution >= 0.6 is 0 Å². The predicted octanol–water partition coefficient (Wildman–Crippen LogP) is 0.626. The number of aromatic nitrogens is 1. The molecule has 1 aromatic rings. The van der Waals surface area contributed by atoms with E-state index in [0.29, 0.717) is 24.7 Å². The number of aliphatic hydroxyl groups excluding tert-OH is 1. The van der Waals surface area contributed by atoms with Crippen LogP contribution in [0.15, 0.2) is 18.3 Å². The predicted molar refractivity (Wildman–Crippen MR) is 80.5 cm³/mol. The summed E-state index contributed by atoms with van der Waals surface area (Å²) in [6.45, 7) is 1.95. The van der Waals surface area contributed by atoms with Crippen molar-refractivity contribution >= 4 is 5.91 Å². The van der Waals surface area contributed by atoms with Gasteiger partial charge >= 0.3 is 0 Å². The molecule has 2 heterocycles. The Morgan fingerprint density at radius 1 is 1.52 bits per heavy atom. The average molecular weight is 287 g/mol. The van der Waals surface area contributed by atoms with Crippen molar-refractivity contribution in [3.8, 4) is 11.8 Å². The van der Waals surface area contributed by atoms with Crippen molar-refractivity contribution in [1.29, 1.82) is 0 Å². The Kier molecular flexibility index (Phi) is 5.73. The lowest BCUT2D eigenvalue weighted by Crippen LogP contribution is -2.40. The van der Waals surface area contributed by atoms with E-state index in [9.17, 15) is 4.79 Å². The zero-order valence-corrected chi connectivity index (χ0v) is 12.1. The van der Waals surface area contributed by atoms with Crippen LogP contribution < -0.4 is 5.73 Å². The van der Waals surface area contributed by atoms with E-state index in [2.05, 4.69) is 16.8 Å². The standard InChI is InChI=1S/C16H21N3O2/c17-8-1-3-13-5-6-15(18-11-13)16(21)19-9-2-4-14(12-19)7-10-20/h5-6,11,14,20H,2,4,7-10,12,17H2.